The molecule has 0 atom stereocenters. The first-order valence-corrected chi connectivity index (χ1v) is 7.93. The van der Waals surface area contributed by atoms with Gasteiger partial charge >= 0.3 is 0 Å². The molecule has 0 heterocycles. The lowest BCUT2D eigenvalue weighted by Gasteiger charge is -2.09. The van der Waals surface area contributed by atoms with Crippen molar-refractivity contribution in [1.82, 2.24) is 5.43 Å². The number of hydrazine groups is 1. The number of benzene rings is 1. The Labute approximate surface area is 119 Å². The maximum absolute atomic E-state index is 11.3. The van der Waals surface area contributed by atoms with Gasteiger partial charge in [0.05, 0.1) is 4.90 Å². The number of aliphatic imine (C=N–C) groups is 1. The van der Waals surface area contributed by atoms with E-state index in [4.69, 9.17) is 10.6 Å². The Morgan fingerprint density at radius 1 is 1.35 bits per heavy atom. The Balaban J connectivity index is 2.66. The van der Waals surface area contributed by atoms with Crippen molar-refractivity contribution >= 4 is 21.5 Å². The summed E-state index contributed by atoms with van der Waals surface area (Å²) in [5, 5.41) is 2.96. The molecule has 1 rings (SSSR count). The zero-order valence-electron chi connectivity index (χ0n) is 11.6. The average molecular weight is 300 g/mol. The lowest BCUT2D eigenvalue weighted by molar-refractivity contribution is 0.197. The maximum atomic E-state index is 11.3. The highest BCUT2D eigenvalue weighted by molar-refractivity contribution is 7.90. The summed E-state index contributed by atoms with van der Waals surface area (Å²) < 4.78 is 27.6. The van der Waals surface area contributed by atoms with Gasteiger partial charge in [0.25, 0.3) is 0 Å². The van der Waals surface area contributed by atoms with Crippen LogP contribution >= 0.6 is 0 Å². The first-order valence-electron chi connectivity index (χ1n) is 6.04. The lowest BCUT2D eigenvalue weighted by atomic mass is 10.3. The van der Waals surface area contributed by atoms with E-state index in [1.165, 1.54) is 18.4 Å². The number of anilines is 1. The van der Waals surface area contributed by atoms with Gasteiger partial charge in [-0.25, -0.2) is 14.3 Å². The zero-order valence-corrected chi connectivity index (χ0v) is 12.4. The minimum Gasteiger partial charge on any atom is -0.385 e. The van der Waals surface area contributed by atoms with E-state index in [2.05, 4.69) is 15.7 Å². The van der Waals surface area contributed by atoms with Gasteiger partial charge in [-0.1, -0.05) is 0 Å². The van der Waals surface area contributed by atoms with Crippen molar-refractivity contribution in [1.29, 1.82) is 0 Å². The Hall–Kier alpha value is -1.64. The fraction of sp³-hybridized carbons (Fsp3) is 0.417. The van der Waals surface area contributed by atoms with Crippen LogP contribution in [0.1, 0.15) is 6.42 Å². The minimum absolute atomic E-state index is 0.266. The second kappa shape index (κ2) is 7.83. The molecule has 0 amide bonds. The third-order valence-electron chi connectivity index (χ3n) is 2.46. The summed E-state index contributed by atoms with van der Waals surface area (Å²) in [4.78, 5) is 4.48. The first kappa shape index (κ1) is 16.4. The first-order chi connectivity index (χ1) is 9.47. The summed E-state index contributed by atoms with van der Waals surface area (Å²) in [6, 6.07) is 6.35. The molecule has 0 fully saturated rings. The fourth-order valence-corrected chi connectivity index (χ4v) is 2.07. The average Bonchev–Trinajstić information content (AvgIpc) is 2.42. The van der Waals surface area contributed by atoms with E-state index in [1.807, 2.05) is 0 Å². The van der Waals surface area contributed by atoms with E-state index < -0.39 is 9.84 Å². The van der Waals surface area contributed by atoms with E-state index in [0.717, 1.165) is 6.42 Å². The Morgan fingerprint density at radius 3 is 2.50 bits per heavy atom. The van der Waals surface area contributed by atoms with Gasteiger partial charge in [-0.15, -0.1) is 0 Å². The fourth-order valence-electron chi connectivity index (χ4n) is 1.44. The van der Waals surface area contributed by atoms with Crippen LogP contribution in [0.15, 0.2) is 34.2 Å². The highest BCUT2D eigenvalue weighted by Crippen LogP contribution is 2.13. The molecule has 0 saturated carbocycles. The van der Waals surface area contributed by atoms with Crippen LogP contribution in [-0.4, -0.2) is 40.9 Å². The molecule has 7 nitrogen and oxygen atoms in total. The molecule has 4 N–H and O–H groups in total. The van der Waals surface area contributed by atoms with Gasteiger partial charge in [0.15, 0.2) is 9.84 Å². The number of rotatable bonds is 6. The van der Waals surface area contributed by atoms with Crippen molar-refractivity contribution in [2.75, 3.05) is 31.8 Å². The molecule has 20 heavy (non-hydrogen) atoms. The van der Waals surface area contributed by atoms with Gasteiger partial charge in [0.1, 0.15) is 0 Å². The molecule has 0 aromatic heterocycles. The minimum atomic E-state index is -3.19. The van der Waals surface area contributed by atoms with Crippen molar-refractivity contribution in [3.05, 3.63) is 24.3 Å². The Kier molecular flexibility index (Phi) is 6.43. The van der Waals surface area contributed by atoms with Gasteiger partial charge in [-0.05, 0) is 30.7 Å². The Morgan fingerprint density at radius 2 is 2.00 bits per heavy atom. The van der Waals surface area contributed by atoms with Gasteiger partial charge in [-0.3, -0.25) is 10.4 Å². The van der Waals surface area contributed by atoms with Crippen molar-refractivity contribution < 1.29 is 13.2 Å². The molecule has 0 aliphatic heterocycles. The van der Waals surface area contributed by atoms with E-state index in [-0.39, 0.29) is 4.90 Å². The van der Waals surface area contributed by atoms with Gasteiger partial charge in [0, 0.05) is 32.2 Å². The SMILES string of the molecule is COCCCN=C(NN)Nc1ccc(S(C)(=O)=O)cc1. The van der Waals surface area contributed by atoms with Crippen LogP contribution < -0.4 is 16.6 Å². The number of sulfone groups is 1. The number of guanidine groups is 1. The lowest BCUT2D eigenvalue weighted by Crippen LogP contribution is -2.36. The van der Waals surface area contributed by atoms with Gasteiger partial charge in [-0.2, -0.15) is 0 Å². The van der Waals surface area contributed by atoms with Crippen molar-refractivity contribution in [2.24, 2.45) is 10.8 Å². The van der Waals surface area contributed by atoms with Crippen LogP contribution in [0.5, 0.6) is 0 Å². The molecule has 1 aromatic carbocycles. The molecule has 1 aromatic rings. The molecule has 0 aliphatic rings. The van der Waals surface area contributed by atoms with Gasteiger partial charge < -0.3 is 10.1 Å². The summed E-state index contributed by atoms with van der Waals surface area (Å²) >= 11 is 0. The Bertz CT molecular complexity index is 540. The predicted molar refractivity (Wildman–Crippen MR) is 79.3 cm³/mol. The smallest absolute Gasteiger partial charge is 0.210 e. The van der Waals surface area contributed by atoms with Crippen LogP contribution in [0.2, 0.25) is 0 Å². The summed E-state index contributed by atoms with van der Waals surface area (Å²) in [5.41, 5.74) is 3.15. The van der Waals surface area contributed by atoms with E-state index in [1.54, 1.807) is 19.2 Å². The normalized spacial score (nSPS) is 12.2. The zero-order chi connectivity index (χ0) is 15.0. The number of methoxy groups -OCH3 is 1. The van der Waals surface area contributed by atoms with E-state index in [0.29, 0.717) is 24.8 Å². The number of nitrogens with zero attached hydrogens (tertiary/aromatic N) is 1. The number of hydrogen-bond donors (Lipinski definition) is 3. The molecule has 0 radical (unpaired) electrons. The van der Waals surface area contributed by atoms with Crippen molar-refractivity contribution in [3.63, 3.8) is 0 Å². The second-order valence-corrected chi connectivity index (χ2v) is 6.16. The predicted octanol–water partition coefficient (Wildman–Crippen LogP) is 0.358. The topological polar surface area (TPSA) is 106 Å². The summed E-state index contributed by atoms with van der Waals surface area (Å²) in [7, 11) is -1.55. The standard InChI is InChI=1S/C12H20N4O3S/c1-19-9-3-8-14-12(16-13)15-10-4-6-11(7-5-10)20(2,17)18/h4-7H,3,8-9,13H2,1-2H3,(H2,14,15,16). The van der Waals surface area contributed by atoms with Crippen LogP contribution in [0.3, 0.4) is 0 Å². The molecule has 0 spiro atoms. The third-order valence-corrected chi connectivity index (χ3v) is 3.59. The van der Waals surface area contributed by atoms with E-state index in [9.17, 15) is 8.42 Å². The second-order valence-electron chi connectivity index (χ2n) is 4.14. The largest absolute Gasteiger partial charge is 0.385 e. The highest BCUT2D eigenvalue weighted by atomic mass is 32.2. The van der Waals surface area contributed by atoms with Gasteiger partial charge in [0.2, 0.25) is 5.96 Å². The molecular weight excluding hydrogens is 280 g/mol. The number of nitrogens with two attached hydrogens (primary N) is 1. The number of hydrogen-bond acceptors (Lipinski definition) is 5. The quantitative estimate of drug-likeness (QED) is 0.230. The van der Waals surface area contributed by atoms with Crippen molar-refractivity contribution in [2.45, 2.75) is 11.3 Å². The highest BCUT2D eigenvalue weighted by Gasteiger charge is 2.06. The summed E-state index contributed by atoms with van der Waals surface area (Å²) in [6.07, 6.45) is 1.95. The maximum Gasteiger partial charge on any atom is 0.210 e. The van der Waals surface area contributed by atoms with Crippen LogP contribution in [0.4, 0.5) is 5.69 Å². The van der Waals surface area contributed by atoms with Crippen LogP contribution in [-0.2, 0) is 14.6 Å². The number of nitrogens with one attached hydrogen (secondary N) is 2. The molecule has 0 aliphatic carbocycles. The summed E-state index contributed by atoms with van der Waals surface area (Å²) in [5.74, 6) is 5.77. The molecular formula is C12H20N4O3S. The number of ether oxygens (including phenoxy) is 1. The molecule has 0 saturated heterocycles. The summed E-state index contributed by atoms with van der Waals surface area (Å²) in [6.45, 7) is 1.20. The molecule has 8 heteroatoms. The monoisotopic (exact) mass is 300 g/mol. The molecule has 0 unspecified atom stereocenters. The third kappa shape index (κ3) is 5.55. The molecule has 112 valence electrons. The van der Waals surface area contributed by atoms with Crippen LogP contribution in [0, 0.1) is 0 Å². The molecule has 0 bridgehead atoms. The van der Waals surface area contributed by atoms with Crippen LogP contribution in [0.25, 0.3) is 0 Å². The van der Waals surface area contributed by atoms with Crippen molar-refractivity contribution in [3.8, 4) is 0 Å². The van der Waals surface area contributed by atoms with E-state index >= 15 is 0 Å².